The van der Waals surface area contributed by atoms with Gasteiger partial charge in [0.05, 0.1) is 5.56 Å². The first kappa shape index (κ1) is 11.6. The van der Waals surface area contributed by atoms with Crippen LogP contribution in [0.25, 0.3) is 11.1 Å². The number of rotatable bonds is 1. The molecule has 2 nitrogen and oxygen atoms in total. The Hall–Kier alpha value is -1.83. The molecule has 0 aliphatic heterocycles. The lowest BCUT2D eigenvalue weighted by Crippen LogP contribution is -2.05. The average Bonchev–Trinajstić information content (AvgIpc) is 2.19. The van der Waals surface area contributed by atoms with E-state index in [1.165, 1.54) is 5.56 Å². The maximum atomic E-state index is 11.9. The Morgan fingerprint density at radius 1 is 0.941 bits per heavy atom. The Bertz CT molecular complexity index is 598. The minimum atomic E-state index is -0.264. The van der Waals surface area contributed by atoms with Crippen LogP contribution in [0.4, 0.5) is 0 Å². The highest BCUT2D eigenvalue weighted by Crippen LogP contribution is 2.26. The fraction of sp³-hybridized carbons (Fsp3) is 0.267. The standard InChI is InChI=1S/C15H16O2/c1-9-7-10(2)14(11(3)8-9)13-6-5-12(4)17-15(13)16/h5-8H,1-4H3. The summed E-state index contributed by atoms with van der Waals surface area (Å²) in [5, 5.41) is 0. The van der Waals surface area contributed by atoms with Crippen molar-refractivity contribution in [3.8, 4) is 11.1 Å². The molecule has 0 N–H and O–H groups in total. The van der Waals surface area contributed by atoms with Gasteiger partial charge in [0.1, 0.15) is 5.76 Å². The van der Waals surface area contributed by atoms with Gasteiger partial charge < -0.3 is 4.42 Å². The predicted molar refractivity (Wildman–Crippen MR) is 69.4 cm³/mol. The topological polar surface area (TPSA) is 30.2 Å². The number of benzene rings is 1. The second-order valence-electron chi connectivity index (χ2n) is 4.52. The first-order chi connectivity index (χ1) is 7.99. The molecular formula is C15H16O2. The van der Waals surface area contributed by atoms with Crippen LogP contribution in [0.3, 0.4) is 0 Å². The van der Waals surface area contributed by atoms with Gasteiger partial charge in [0.2, 0.25) is 0 Å². The third-order valence-corrected chi connectivity index (χ3v) is 2.90. The summed E-state index contributed by atoms with van der Waals surface area (Å²) in [4.78, 5) is 11.9. The van der Waals surface area contributed by atoms with Gasteiger partial charge in [0.15, 0.2) is 0 Å². The van der Waals surface area contributed by atoms with E-state index in [1.807, 2.05) is 26.0 Å². The summed E-state index contributed by atoms with van der Waals surface area (Å²) < 4.78 is 5.15. The summed E-state index contributed by atoms with van der Waals surface area (Å²) in [5.74, 6) is 0.640. The largest absolute Gasteiger partial charge is 0.428 e. The molecule has 88 valence electrons. The molecule has 0 fully saturated rings. The molecule has 0 aliphatic rings. The lowest BCUT2D eigenvalue weighted by Gasteiger charge is -2.10. The number of hydrogen-bond donors (Lipinski definition) is 0. The molecule has 0 amide bonds. The summed E-state index contributed by atoms with van der Waals surface area (Å²) in [6, 6.07) is 7.84. The van der Waals surface area contributed by atoms with Crippen LogP contribution >= 0.6 is 0 Å². The normalized spacial score (nSPS) is 10.6. The van der Waals surface area contributed by atoms with Crippen LogP contribution in [-0.2, 0) is 0 Å². The molecule has 0 radical (unpaired) electrons. The fourth-order valence-corrected chi connectivity index (χ4v) is 2.29. The zero-order valence-corrected chi connectivity index (χ0v) is 10.6. The van der Waals surface area contributed by atoms with Gasteiger partial charge in [-0.25, -0.2) is 4.79 Å². The fourth-order valence-electron chi connectivity index (χ4n) is 2.29. The van der Waals surface area contributed by atoms with Crippen molar-refractivity contribution < 1.29 is 4.42 Å². The molecule has 17 heavy (non-hydrogen) atoms. The summed E-state index contributed by atoms with van der Waals surface area (Å²) >= 11 is 0. The molecular weight excluding hydrogens is 212 g/mol. The van der Waals surface area contributed by atoms with Crippen molar-refractivity contribution in [2.24, 2.45) is 0 Å². The Balaban J connectivity index is 2.73. The van der Waals surface area contributed by atoms with Crippen LogP contribution in [-0.4, -0.2) is 0 Å². The molecule has 1 heterocycles. The monoisotopic (exact) mass is 228 g/mol. The molecule has 0 aliphatic carbocycles. The van der Waals surface area contributed by atoms with Gasteiger partial charge in [-0.3, -0.25) is 0 Å². The van der Waals surface area contributed by atoms with Gasteiger partial charge in [0, 0.05) is 0 Å². The molecule has 0 saturated heterocycles. The van der Waals surface area contributed by atoms with E-state index >= 15 is 0 Å². The molecule has 0 bridgehead atoms. The lowest BCUT2D eigenvalue weighted by molar-refractivity contribution is 0.482. The number of hydrogen-bond acceptors (Lipinski definition) is 2. The molecule has 0 unspecified atom stereocenters. The van der Waals surface area contributed by atoms with Crippen molar-refractivity contribution in [3.63, 3.8) is 0 Å². The summed E-state index contributed by atoms with van der Waals surface area (Å²) in [7, 11) is 0. The third-order valence-electron chi connectivity index (χ3n) is 2.90. The predicted octanol–water partition coefficient (Wildman–Crippen LogP) is 3.54. The molecule has 2 heteroatoms. The quantitative estimate of drug-likeness (QED) is 0.747. The van der Waals surface area contributed by atoms with Gasteiger partial charge in [0.25, 0.3) is 0 Å². The van der Waals surface area contributed by atoms with E-state index in [4.69, 9.17) is 4.42 Å². The minimum absolute atomic E-state index is 0.264. The maximum absolute atomic E-state index is 11.9. The van der Waals surface area contributed by atoms with Gasteiger partial charge in [-0.1, -0.05) is 17.7 Å². The maximum Gasteiger partial charge on any atom is 0.343 e. The van der Waals surface area contributed by atoms with E-state index in [0.29, 0.717) is 11.3 Å². The van der Waals surface area contributed by atoms with E-state index in [2.05, 4.69) is 19.1 Å². The molecule has 2 aromatic rings. The van der Waals surface area contributed by atoms with Crippen molar-refractivity contribution in [1.82, 2.24) is 0 Å². The van der Waals surface area contributed by atoms with Gasteiger partial charge >= 0.3 is 5.63 Å². The van der Waals surface area contributed by atoms with Crippen LogP contribution in [0.2, 0.25) is 0 Å². The Morgan fingerprint density at radius 3 is 2.06 bits per heavy atom. The van der Waals surface area contributed by atoms with E-state index in [-0.39, 0.29) is 5.63 Å². The van der Waals surface area contributed by atoms with E-state index in [0.717, 1.165) is 16.7 Å². The highest BCUT2D eigenvalue weighted by atomic mass is 16.4. The third kappa shape index (κ3) is 2.16. The Labute approximate surface area is 101 Å². The van der Waals surface area contributed by atoms with Gasteiger partial charge in [-0.15, -0.1) is 0 Å². The SMILES string of the molecule is Cc1cc(C)c(-c2ccc(C)oc2=O)c(C)c1. The smallest absolute Gasteiger partial charge is 0.343 e. The number of aryl methyl sites for hydroxylation is 4. The van der Waals surface area contributed by atoms with Crippen LogP contribution in [0.1, 0.15) is 22.5 Å². The molecule has 0 saturated carbocycles. The zero-order valence-electron chi connectivity index (χ0n) is 10.6. The van der Waals surface area contributed by atoms with Gasteiger partial charge in [-0.2, -0.15) is 0 Å². The van der Waals surface area contributed by atoms with E-state index in [9.17, 15) is 4.79 Å². The highest BCUT2D eigenvalue weighted by molar-refractivity contribution is 5.70. The minimum Gasteiger partial charge on any atom is -0.428 e. The van der Waals surface area contributed by atoms with Crippen molar-refractivity contribution in [1.29, 1.82) is 0 Å². The Morgan fingerprint density at radius 2 is 1.53 bits per heavy atom. The van der Waals surface area contributed by atoms with Crippen molar-refractivity contribution in [3.05, 3.63) is 57.1 Å². The Kier molecular flexibility index (Phi) is 2.88. The van der Waals surface area contributed by atoms with Crippen LogP contribution in [0, 0.1) is 27.7 Å². The average molecular weight is 228 g/mol. The summed E-state index contributed by atoms with van der Waals surface area (Å²) in [6.07, 6.45) is 0. The molecule has 1 aromatic carbocycles. The van der Waals surface area contributed by atoms with Gasteiger partial charge in [-0.05, 0) is 56.5 Å². The van der Waals surface area contributed by atoms with Crippen LogP contribution < -0.4 is 5.63 Å². The molecule has 2 rings (SSSR count). The second kappa shape index (κ2) is 4.21. The summed E-state index contributed by atoms with van der Waals surface area (Å²) in [5.41, 5.74) is 4.80. The van der Waals surface area contributed by atoms with Crippen LogP contribution in [0.5, 0.6) is 0 Å². The zero-order chi connectivity index (χ0) is 12.6. The van der Waals surface area contributed by atoms with E-state index in [1.54, 1.807) is 6.92 Å². The first-order valence-electron chi connectivity index (χ1n) is 5.68. The lowest BCUT2D eigenvalue weighted by atomic mass is 9.95. The highest BCUT2D eigenvalue weighted by Gasteiger charge is 2.11. The summed E-state index contributed by atoms with van der Waals surface area (Å²) in [6.45, 7) is 7.88. The van der Waals surface area contributed by atoms with Crippen LogP contribution in [0.15, 0.2) is 33.5 Å². The van der Waals surface area contributed by atoms with E-state index < -0.39 is 0 Å². The molecule has 0 atom stereocenters. The second-order valence-corrected chi connectivity index (χ2v) is 4.52. The molecule has 0 spiro atoms. The van der Waals surface area contributed by atoms with Crippen molar-refractivity contribution >= 4 is 0 Å². The molecule has 1 aromatic heterocycles. The van der Waals surface area contributed by atoms with Crippen molar-refractivity contribution in [2.45, 2.75) is 27.7 Å². The first-order valence-corrected chi connectivity index (χ1v) is 5.68. The van der Waals surface area contributed by atoms with Crippen molar-refractivity contribution in [2.75, 3.05) is 0 Å².